The summed E-state index contributed by atoms with van der Waals surface area (Å²) in [5, 5.41) is 0. The van der Waals surface area contributed by atoms with Crippen molar-refractivity contribution in [2.75, 3.05) is 20.8 Å². The zero-order chi connectivity index (χ0) is 13.0. The van der Waals surface area contributed by atoms with Crippen LogP contribution >= 0.6 is 0 Å². The zero-order valence-electron chi connectivity index (χ0n) is 12.1. The largest absolute Gasteiger partial charge is 0.500 e. The Balaban J connectivity index is 3.75. The van der Waals surface area contributed by atoms with E-state index in [1.165, 1.54) is 25.7 Å². The summed E-state index contributed by atoms with van der Waals surface area (Å²) >= 11 is 0. The highest BCUT2D eigenvalue weighted by molar-refractivity contribution is 6.60. The molecular weight excluding hydrogens is 232 g/mol. The van der Waals surface area contributed by atoms with Crippen LogP contribution in [0.4, 0.5) is 0 Å². The molecule has 0 saturated carbocycles. The van der Waals surface area contributed by atoms with Crippen molar-refractivity contribution in [2.45, 2.75) is 64.8 Å². The predicted octanol–water partition coefficient (Wildman–Crippen LogP) is 4.01. The van der Waals surface area contributed by atoms with Gasteiger partial charge in [0.1, 0.15) is 0 Å². The number of unbranched alkanes of at least 4 members (excludes halogenated alkanes) is 5. The molecule has 0 heterocycles. The Labute approximate surface area is 108 Å². The summed E-state index contributed by atoms with van der Waals surface area (Å²) in [6.07, 6.45) is 8.56. The van der Waals surface area contributed by atoms with E-state index < -0.39 is 8.80 Å². The molecule has 104 valence electrons. The molecule has 0 rings (SSSR count). The first kappa shape index (κ1) is 17.1. The van der Waals surface area contributed by atoms with Gasteiger partial charge in [-0.3, -0.25) is 0 Å². The minimum atomic E-state index is -2.33. The van der Waals surface area contributed by atoms with E-state index in [0.717, 1.165) is 31.9 Å². The van der Waals surface area contributed by atoms with Gasteiger partial charge in [-0.05, 0) is 12.8 Å². The van der Waals surface area contributed by atoms with Crippen LogP contribution < -0.4 is 0 Å². The van der Waals surface area contributed by atoms with Gasteiger partial charge in [0.25, 0.3) is 0 Å². The lowest BCUT2D eigenvalue weighted by Gasteiger charge is -2.26. The molecule has 0 saturated heterocycles. The van der Waals surface area contributed by atoms with Gasteiger partial charge >= 0.3 is 8.80 Å². The van der Waals surface area contributed by atoms with Crippen molar-refractivity contribution in [3.05, 3.63) is 0 Å². The van der Waals surface area contributed by atoms with E-state index in [4.69, 9.17) is 13.3 Å². The van der Waals surface area contributed by atoms with Crippen LogP contribution in [0.5, 0.6) is 0 Å². The molecule has 0 aliphatic rings. The van der Waals surface area contributed by atoms with Crippen molar-refractivity contribution >= 4 is 8.80 Å². The number of hydrogen-bond acceptors (Lipinski definition) is 3. The monoisotopic (exact) mass is 262 g/mol. The fraction of sp³-hybridized carbons (Fsp3) is 1.00. The molecule has 0 aliphatic heterocycles. The van der Waals surface area contributed by atoms with E-state index >= 15 is 0 Å². The van der Waals surface area contributed by atoms with Gasteiger partial charge in [-0.1, -0.05) is 46.0 Å². The molecule has 0 radical (unpaired) electrons. The minimum absolute atomic E-state index is 0.779. The Kier molecular flexibility index (Phi) is 11.3. The second-order valence-electron chi connectivity index (χ2n) is 4.46. The van der Waals surface area contributed by atoms with Crippen molar-refractivity contribution in [3.63, 3.8) is 0 Å². The van der Waals surface area contributed by atoms with Crippen LogP contribution in [0.2, 0.25) is 6.04 Å². The van der Waals surface area contributed by atoms with E-state index in [-0.39, 0.29) is 0 Å². The zero-order valence-corrected chi connectivity index (χ0v) is 13.1. The maximum atomic E-state index is 5.90. The molecule has 0 amide bonds. The molecule has 0 unspecified atom stereocenters. The fourth-order valence-electron chi connectivity index (χ4n) is 1.80. The maximum absolute atomic E-state index is 5.90. The van der Waals surface area contributed by atoms with Gasteiger partial charge in [0.2, 0.25) is 0 Å². The van der Waals surface area contributed by atoms with Crippen molar-refractivity contribution in [2.24, 2.45) is 0 Å². The highest BCUT2D eigenvalue weighted by Crippen LogP contribution is 2.18. The normalized spacial score (nSPS) is 12.0. The molecule has 0 atom stereocenters. The van der Waals surface area contributed by atoms with Crippen molar-refractivity contribution < 1.29 is 13.3 Å². The van der Waals surface area contributed by atoms with Gasteiger partial charge in [-0.25, -0.2) is 0 Å². The van der Waals surface area contributed by atoms with Crippen LogP contribution in [-0.2, 0) is 13.3 Å². The number of rotatable bonds is 12. The Hall–Kier alpha value is 0.0969. The summed E-state index contributed by atoms with van der Waals surface area (Å²) in [5.41, 5.74) is 0. The molecule has 17 heavy (non-hydrogen) atoms. The fourth-order valence-corrected chi connectivity index (χ4v) is 4.00. The Bertz CT molecular complexity index is 161. The summed E-state index contributed by atoms with van der Waals surface area (Å²) in [4.78, 5) is 0. The first-order valence-corrected chi connectivity index (χ1v) is 8.92. The molecule has 0 spiro atoms. The van der Waals surface area contributed by atoms with Crippen LogP contribution in [0.15, 0.2) is 0 Å². The molecule has 0 aromatic rings. The third kappa shape index (κ3) is 7.92. The van der Waals surface area contributed by atoms with E-state index in [0.29, 0.717) is 0 Å². The third-order valence-corrected chi connectivity index (χ3v) is 5.88. The van der Waals surface area contributed by atoms with Gasteiger partial charge in [0.05, 0.1) is 0 Å². The topological polar surface area (TPSA) is 27.7 Å². The van der Waals surface area contributed by atoms with E-state index in [9.17, 15) is 0 Å². The Morgan fingerprint density at radius 1 is 0.765 bits per heavy atom. The third-order valence-electron chi connectivity index (χ3n) is 3.03. The van der Waals surface area contributed by atoms with E-state index in [1.54, 1.807) is 14.2 Å². The second-order valence-corrected chi connectivity index (χ2v) is 7.43. The van der Waals surface area contributed by atoms with Gasteiger partial charge in [0.15, 0.2) is 0 Å². The molecular formula is C13H30O3Si. The van der Waals surface area contributed by atoms with Crippen LogP contribution in [0.1, 0.15) is 58.8 Å². The molecule has 0 aromatic carbocycles. The smallest absolute Gasteiger partial charge is 0.377 e. The van der Waals surface area contributed by atoms with Gasteiger partial charge in [0, 0.05) is 26.9 Å². The summed E-state index contributed by atoms with van der Waals surface area (Å²) in [7, 11) is 1.09. The van der Waals surface area contributed by atoms with Crippen LogP contribution in [-0.4, -0.2) is 29.6 Å². The Morgan fingerprint density at radius 2 is 1.35 bits per heavy atom. The molecule has 0 aromatic heterocycles. The van der Waals surface area contributed by atoms with Gasteiger partial charge < -0.3 is 13.3 Å². The lowest BCUT2D eigenvalue weighted by atomic mass is 10.2. The first-order chi connectivity index (χ1) is 8.24. The molecule has 0 aliphatic carbocycles. The highest BCUT2D eigenvalue weighted by Gasteiger charge is 2.37. The molecule has 4 heteroatoms. The first-order valence-electron chi connectivity index (χ1n) is 6.99. The lowest BCUT2D eigenvalue weighted by Crippen LogP contribution is -2.44. The quantitative estimate of drug-likeness (QED) is 0.393. The molecule has 0 bridgehead atoms. The molecule has 3 nitrogen and oxygen atoms in total. The van der Waals surface area contributed by atoms with Gasteiger partial charge in [-0.2, -0.15) is 0 Å². The average molecular weight is 262 g/mol. The molecule has 0 fully saturated rings. The molecule has 0 N–H and O–H groups in total. The summed E-state index contributed by atoms with van der Waals surface area (Å²) in [6, 6.07) is 0.936. The van der Waals surface area contributed by atoms with E-state index in [1.807, 2.05) is 0 Å². The van der Waals surface area contributed by atoms with Crippen LogP contribution in [0.3, 0.4) is 0 Å². The average Bonchev–Trinajstić information content (AvgIpc) is 2.38. The van der Waals surface area contributed by atoms with Gasteiger partial charge in [-0.15, -0.1) is 0 Å². The standard InChI is InChI=1S/C13H30O3Si/c1-5-7-9-10-11-12-16-17(14-3,15-4)13-8-6-2/h5-13H2,1-4H3. The van der Waals surface area contributed by atoms with Crippen molar-refractivity contribution in [1.82, 2.24) is 0 Å². The van der Waals surface area contributed by atoms with Crippen molar-refractivity contribution in [1.29, 1.82) is 0 Å². The maximum Gasteiger partial charge on any atom is 0.500 e. The lowest BCUT2D eigenvalue weighted by molar-refractivity contribution is 0.0956. The SMILES string of the molecule is CCCCCCCO[Si](CCCC)(OC)OC. The summed E-state index contributed by atoms with van der Waals surface area (Å²) < 4.78 is 16.9. The summed E-state index contributed by atoms with van der Waals surface area (Å²) in [6.45, 7) is 5.19. The van der Waals surface area contributed by atoms with Crippen molar-refractivity contribution in [3.8, 4) is 0 Å². The highest BCUT2D eigenvalue weighted by atomic mass is 28.4. The van der Waals surface area contributed by atoms with E-state index in [2.05, 4.69) is 13.8 Å². The van der Waals surface area contributed by atoms with Crippen LogP contribution in [0.25, 0.3) is 0 Å². The number of hydrogen-bond donors (Lipinski definition) is 0. The second kappa shape index (κ2) is 11.2. The predicted molar refractivity (Wildman–Crippen MR) is 74.2 cm³/mol. The Morgan fingerprint density at radius 3 is 1.88 bits per heavy atom. The van der Waals surface area contributed by atoms with Crippen LogP contribution in [0, 0.1) is 0 Å². The summed E-state index contributed by atoms with van der Waals surface area (Å²) in [5.74, 6) is 0. The minimum Gasteiger partial charge on any atom is -0.377 e.